The average Bonchev–Trinajstić information content (AvgIpc) is 2.71. The van der Waals surface area contributed by atoms with Crippen LogP contribution in [-0.2, 0) is 6.54 Å². The van der Waals surface area contributed by atoms with Crippen molar-refractivity contribution in [1.82, 2.24) is 9.55 Å². The molecule has 4 rings (SSSR count). The maximum atomic E-state index is 13.2. The van der Waals surface area contributed by atoms with Crippen LogP contribution in [0.15, 0.2) is 59.7 Å². The molecule has 27 heavy (non-hydrogen) atoms. The van der Waals surface area contributed by atoms with E-state index in [1.54, 1.807) is 29.1 Å². The van der Waals surface area contributed by atoms with Crippen LogP contribution in [0.25, 0.3) is 10.8 Å². The Labute approximate surface area is 158 Å². The fourth-order valence-electron chi connectivity index (χ4n) is 3.93. The minimum Gasteiger partial charge on any atom is -0.319 e. The molecule has 5 nitrogen and oxygen atoms in total. The summed E-state index contributed by atoms with van der Waals surface area (Å²) < 4.78 is 1.67. The summed E-state index contributed by atoms with van der Waals surface area (Å²) in [7, 11) is 0. The molecule has 1 aromatic carbocycles. The van der Waals surface area contributed by atoms with Crippen LogP contribution in [0.5, 0.6) is 0 Å². The highest BCUT2D eigenvalue weighted by Crippen LogP contribution is 2.25. The van der Waals surface area contributed by atoms with Crippen molar-refractivity contribution in [3.63, 3.8) is 0 Å². The highest BCUT2D eigenvalue weighted by atomic mass is 16.2. The van der Waals surface area contributed by atoms with Gasteiger partial charge in [0.1, 0.15) is 5.69 Å². The Morgan fingerprint density at radius 3 is 2.70 bits per heavy atom. The summed E-state index contributed by atoms with van der Waals surface area (Å²) in [4.78, 5) is 30.2. The van der Waals surface area contributed by atoms with Gasteiger partial charge in [-0.25, -0.2) is 0 Å². The van der Waals surface area contributed by atoms with Gasteiger partial charge in [-0.3, -0.25) is 14.6 Å². The van der Waals surface area contributed by atoms with E-state index in [-0.39, 0.29) is 11.5 Å². The number of nitrogens with zero attached hydrogens (tertiary/aromatic N) is 2. The van der Waals surface area contributed by atoms with Gasteiger partial charge in [-0.1, -0.05) is 37.5 Å². The van der Waals surface area contributed by atoms with Crippen LogP contribution in [0.3, 0.4) is 0 Å². The highest BCUT2D eigenvalue weighted by Gasteiger charge is 2.20. The third kappa shape index (κ3) is 3.77. The molecule has 138 valence electrons. The molecule has 0 unspecified atom stereocenters. The first-order valence-corrected chi connectivity index (χ1v) is 9.56. The van der Waals surface area contributed by atoms with Gasteiger partial charge in [0, 0.05) is 18.1 Å². The molecular formula is C22H23N3O2. The van der Waals surface area contributed by atoms with Gasteiger partial charge in [0.05, 0.1) is 11.9 Å². The zero-order valence-electron chi connectivity index (χ0n) is 15.2. The number of anilines is 1. The molecule has 2 heterocycles. The first-order chi connectivity index (χ1) is 13.2. The van der Waals surface area contributed by atoms with Gasteiger partial charge in [0.15, 0.2) is 0 Å². The lowest BCUT2D eigenvalue weighted by atomic mass is 9.89. The second-order valence-corrected chi connectivity index (χ2v) is 7.23. The molecular weight excluding hydrogens is 338 g/mol. The smallest absolute Gasteiger partial charge is 0.272 e. The number of nitrogens with one attached hydrogen (secondary N) is 1. The van der Waals surface area contributed by atoms with Crippen molar-refractivity contribution in [1.29, 1.82) is 0 Å². The van der Waals surface area contributed by atoms with Gasteiger partial charge < -0.3 is 9.88 Å². The van der Waals surface area contributed by atoms with Crippen molar-refractivity contribution in [3.8, 4) is 0 Å². The normalized spacial score (nSPS) is 15.0. The quantitative estimate of drug-likeness (QED) is 0.756. The molecule has 0 bridgehead atoms. The average molecular weight is 361 g/mol. The van der Waals surface area contributed by atoms with E-state index in [9.17, 15) is 9.59 Å². The van der Waals surface area contributed by atoms with Gasteiger partial charge in [-0.15, -0.1) is 0 Å². The predicted molar refractivity (Wildman–Crippen MR) is 107 cm³/mol. The number of fused-ring (bicyclic) bond motifs is 1. The molecule has 1 aliphatic rings. The Hall–Kier alpha value is -2.95. The summed E-state index contributed by atoms with van der Waals surface area (Å²) >= 11 is 0. The SMILES string of the molecule is O=C(Nc1cccnc1)c1cc2ccccc2c(=O)n1CC1CCCCC1. The van der Waals surface area contributed by atoms with E-state index in [0.717, 1.165) is 18.2 Å². The number of carbonyl (C=O) groups excluding carboxylic acids is 1. The van der Waals surface area contributed by atoms with Gasteiger partial charge >= 0.3 is 0 Å². The summed E-state index contributed by atoms with van der Waals surface area (Å²) in [5.41, 5.74) is 0.940. The van der Waals surface area contributed by atoms with Crippen molar-refractivity contribution < 1.29 is 4.79 Å². The lowest BCUT2D eigenvalue weighted by Gasteiger charge is -2.24. The van der Waals surface area contributed by atoms with Crippen molar-refractivity contribution in [3.05, 3.63) is 70.9 Å². The van der Waals surface area contributed by atoms with Crippen LogP contribution < -0.4 is 10.9 Å². The van der Waals surface area contributed by atoms with Gasteiger partial charge in [0.2, 0.25) is 0 Å². The van der Waals surface area contributed by atoms with Crippen LogP contribution in [0.1, 0.15) is 42.6 Å². The molecule has 0 spiro atoms. The van der Waals surface area contributed by atoms with Crippen LogP contribution in [0.4, 0.5) is 5.69 Å². The first-order valence-electron chi connectivity index (χ1n) is 9.56. The number of aromatic nitrogens is 2. The molecule has 0 aliphatic heterocycles. The van der Waals surface area contributed by atoms with E-state index in [1.165, 1.54) is 19.3 Å². The lowest BCUT2D eigenvalue weighted by Crippen LogP contribution is -2.31. The Bertz CT molecular complexity index is 1000. The second kappa shape index (κ2) is 7.74. The highest BCUT2D eigenvalue weighted by molar-refractivity contribution is 6.05. The number of pyridine rings is 2. The van der Waals surface area contributed by atoms with E-state index >= 15 is 0 Å². The number of hydrogen-bond donors (Lipinski definition) is 1. The summed E-state index contributed by atoms with van der Waals surface area (Å²) in [5.74, 6) is 0.171. The topological polar surface area (TPSA) is 64.0 Å². The summed E-state index contributed by atoms with van der Waals surface area (Å²) in [6.45, 7) is 0.597. The van der Waals surface area contributed by atoms with E-state index in [4.69, 9.17) is 0 Å². The van der Waals surface area contributed by atoms with Gasteiger partial charge in [-0.05, 0) is 48.4 Å². The largest absolute Gasteiger partial charge is 0.319 e. The molecule has 3 aromatic rings. The Balaban J connectivity index is 1.75. The molecule has 1 saturated carbocycles. The number of rotatable bonds is 4. The van der Waals surface area contributed by atoms with Crippen molar-refractivity contribution in [2.45, 2.75) is 38.6 Å². The van der Waals surface area contributed by atoms with Crippen molar-refractivity contribution in [2.24, 2.45) is 5.92 Å². The maximum Gasteiger partial charge on any atom is 0.272 e. The summed E-state index contributed by atoms with van der Waals surface area (Å²) in [6.07, 6.45) is 9.14. The zero-order valence-corrected chi connectivity index (χ0v) is 15.2. The van der Waals surface area contributed by atoms with E-state index in [0.29, 0.717) is 29.2 Å². The van der Waals surface area contributed by atoms with E-state index in [2.05, 4.69) is 10.3 Å². The molecule has 1 amide bonds. The van der Waals surface area contributed by atoms with Crippen molar-refractivity contribution >= 4 is 22.4 Å². The van der Waals surface area contributed by atoms with Crippen molar-refractivity contribution in [2.75, 3.05) is 5.32 Å². The van der Waals surface area contributed by atoms with Crippen LogP contribution >= 0.6 is 0 Å². The summed E-state index contributed by atoms with van der Waals surface area (Å²) in [6, 6.07) is 12.8. The minimum absolute atomic E-state index is 0.0880. The molecule has 1 N–H and O–H groups in total. The standard InChI is InChI=1S/C22H23N3O2/c26-21(24-18-10-6-12-23-14-18)20-13-17-9-4-5-11-19(17)22(27)25(20)15-16-7-2-1-3-8-16/h4-6,9-14,16H,1-3,7-8,15H2,(H,24,26). The molecule has 0 atom stereocenters. The molecule has 5 heteroatoms. The fourth-order valence-corrected chi connectivity index (χ4v) is 3.93. The third-order valence-corrected chi connectivity index (χ3v) is 5.34. The fraction of sp³-hybridized carbons (Fsp3) is 0.318. The molecule has 1 fully saturated rings. The van der Waals surface area contributed by atoms with Gasteiger partial charge in [-0.2, -0.15) is 0 Å². The Kier molecular flexibility index (Phi) is 5.01. The zero-order chi connectivity index (χ0) is 18.6. The second-order valence-electron chi connectivity index (χ2n) is 7.23. The molecule has 1 aliphatic carbocycles. The Morgan fingerprint density at radius 1 is 1.11 bits per heavy atom. The minimum atomic E-state index is -0.276. The maximum absolute atomic E-state index is 13.2. The number of benzene rings is 1. The van der Waals surface area contributed by atoms with E-state index < -0.39 is 0 Å². The lowest BCUT2D eigenvalue weighted by molar-refractivity contribution is 0.101. The monoisotopic (exact) mass is 361 g/mol. The number of hydrogen-bond acceptors (Lipinski definition) is 3. The molecule has 2 aromatic heterocycles. The molecule has 0 saturated heterocycles. The van der Waals surface area contributed by atoms with Crippen LogP contribution in [0, 0.1) is 5.92 Å². The number of carbonyl (C=O) groups is 1. The third-order valence-electron chi connectivity index (χ3n) is 5.34. The van der Waals surface area contributed by atoms with E-state index in [1.807, 2.05) is 30.3 Å². The van der Waals surface area contributed by atoms with Crippen LogP contribution in [-0.4, -0.2) is 15.5 Å². The summed E-state index contributed by atoms with van der Waals surface area (Å²) in [5, 5.41) is 4.32. The first kappa shape index (κ1) is 17.5. The van der Waals surface area contributed by atoms with Gasteiger partial charge in [0.25, 0.3) is 11.5 Å². The van der Waals surface area contributed by atoms with Crippen LogP contribution in [0.2, 0.25) is 0 Å². The number of amides is 1. The predicted octanol–water partition coefficient (Wildman–Crippen LogP) is 4.23. The molecule has 0 radical (unpaired) electrons. The Morgan fingerprint density at radius 2 is 1.93 bits per heavy atom.